The molecule has 3 amide bonds. The molecular formula is C23H26BrN3O4S. The van der Waals surface area contributed by atoms with Gasteiger partial charge in [-0.15, -0.1) is 11.8 Å². The predicted octanol–water partition coefficient (Wildman–Crippen LogP) is 4.68. The molecule has 2 aliphatic heterocycles. The van der Waals surface area contributed by atoms with Crippen molar-refractivity contribution in [3.05, 3.63) is 52.5 Å². The Morgan fingerprint density at radius 1 is 1.03 bits per heavy atom. The van der Waals surface area contributed by atoms with Gasteiger partial charge in [-0.05, 0) is 49.2 Å². The van der Waals surface area contributed by atoms with E-state index in [2.05, 4.69) is 21.2 Å². The van der Waals surface area contributed by atoms with Crippen molar-refractivity contribution in [2.75, 3.05) is 44.9 Å². The van der Waals surface area contributed by atoms with Gasteiger partial charge in [0.1, 0.15) is 11.5 Å². The van der Waals surface area contributed by atoms with Crippen LogP contribution < -0.4 is 14.8 Å². The fourth-order valence-corrected chi connectivity index (χ4v) is 5.93. The summed E-state index contributed by atoms with van der Waals surface area (Å²) < 4.78 is 11.5. The van der Waals surface area contributed by atoms with Gasteiger partial charge in [-0.1, -0.05) is 15.9 Å². The lowest BCUT2D eigenvalue weighted by Gasteiger charge is -2.44. The molecule has 0 aliphatic carbocycles. The largest absolute Gasteiger partial charge is 0.497 e. The number of piperidine rings is 1. The second-order valence-corrected chi connectivity index (χ2v) is 10.1. The Morgan fingerprint density at radius 3 is 2.41 bits per heavy atom. The third-order valence-corrected chi connectivity index (χ3v) is 8.08. The number of hydrogen-bond acceptors (Lipinski definition) is 5. The molecule has 9 heteroatoms. The van der Waals surface area contributed by atoms with Crippen LogP contribution in [0.15, 0.2) is 46.9 Å². The fraction of sp³-hybridized carbons (Fsp3) is 0.391. The number of hydrogen-bond donors (Lipinski definition) is 1. The summed E-state index contributed by atoms with van der Waals surface area (Å²) in [7, 11) is 3.14. The number of likely N-dealkylation sites (tertiary alicyclic amines) is 1. The van der Waals surface area contributed by atoms with Crippen LogP contribution in [0.5, 0.6) is 11.5 Å². The van der Waals surface area contributed by atoms with Crippen LogP contribution in [-0.2, 0) is 0 Å². The third kappa shape index (κ3) is 4.54. The molecule has 0 saturated carbocycles. The summed E-state index contributed by atoms with van der Waals surface area (Å²) in [6.07, 6.45) is 1.49. The molecule has 2 fully saturated rings. The number of nitrogens with zero attached hydrogens (tertiary/aromatic N) is 2. The average Bonchev–Trinajstić information content (AvgIpc) is 3.22. The van der Waals surface area contributed by atoms with E-state index in [1.54, 1.807) is 37.3 Å². The summed E-state index contributed by atoms with van der Waals surface area (Å²) in [6.45, 7) is 1.90. The van der Waals surface area contributed by atoms with Gasteiger partial charge in [-0.25, -0.2) is 4.79 Å². The Hall–Kier alpha value is -2.39. The minimum Gasteiger partial charge on any atom is -0.497 e. The van der Waals surface area contributed by atoms with E-state index in [1.807, 2.05) is 40.9 Å². The molecule has 0 unspecified atom stereocenters. The van der Waals surface area contributed by atoms with E-state index in [0.29, 0.717) is 35.8 Å². The SMILES string of the molecule is COc1ccc(NC(=O)N2CCC3(CC2)SCCN3C(=O)c2ccc(Br)cc2)c(OC)c1. The van der Waals surface area contributed by atoms with E-state index < -0.39 is 0 Å². The highest BCUT2D eigenvalue weighted by Crippen LogP contribution is 2.44. The zero-order valence-electron chi connectivity index (χ0n) is 18.1. The standard InChI is InChI=1S/C23H26BrN3O4S/c1-30-18-7-8-19(20(15-18)31-2)25-22(29)26-11-9-23(10-12-26)27(13-14-32-23)21(28)16-3-5-17(24)6-4-16/h3-8,15H,9-14H2,1-2H3,(H,25,29). The van der Waals surface area contributed by atoms with Gasteiger partial charge in [0.2, 0.25) is 0 Å². The maximum absolute atomic E-state index is 13.2. The molecule has 0 bridgehead atoms. The number of amides is 3. The van der Waals surface area contributed by atoms with Gasteiger partial charge in [0.25, 0.3) is 5.91 Å². The van der Waals surface area contributed by atoms with E-state index >= 15 is 0 Å². The van der Waals surface area contributed by atoms with E-state index in [-0.39, 0.29) is 16.8 Å². The molecular weight excluding hydrogens is 494 g/mol. The molecule has 0 aromatic heterocycles. The maximum atomic E-state index is 13.2. The lowest BCUT2D eigenvalue weighted by atomic mass is 10.0. The van der Waals surface area contributed by atoms with Crippen LogP contribution in [0.4, 0.5) is 10.5 Å². The van der Waals surface area contributed by atoms with Crippen molar-refractivity contribution in [3.63, 3.8) is 0 Å². The lowest BCUT2D eigenvalue weighted by molar-refractivity contribution is 0.0585. The van der Waals surface area contributed by atoms with Gasteiger partial charge in [0, 0.05) is 41.5 Å². The Bertz CT molecular complexity index is 993. The van der Waals surface area contributed by atoms with Crippen LogP contribution in [0.2, 0.25) is 0 Å². The normalized spacial score (nSPS) is 17.3. The summed E-state index contributed by atoms with van der Waals surface area (Å²) in [5.41, 5.74) is 1.29. The Morgan fingerprint density at radius 2 is 1.75 bits per heavy atom. The van der Waals surface area contributed by atoms with Gasteiger partial charge in [0.05, 0.1) is 24.8 Å². The Balaban J connectivity index is 1.41. The zero-order chi connectivity index (χ0) is 22.7. The smallest absolute Gasteiger partial charge is 0.321 e. The lowest BCUT2D eigenvalue weighted by Crippen LogP contribution is -2.54. The Kier molecular flexibility index (Phi) is 6.85. The average molecular weight is 520 g/mol. The zero-order valence-corrected chi connectivity index (χ0v) is 20.5. The van der Waals surface area contributed by atoms with Crippen molar-refractivity contribution in [3.8, 4) is 11.5 Å². The summed E-state index contributed by atoms with van der Waals surface area (Å²) in [4.78, 5) is 29.6. The predicted molar refractivity (Wildman–Crippen MR) is 130 cm³/mol. The monoisotopic (exact) mass is 519 g/mol. The number of thioether (sulfide) groups is 1. The minimum atomic E-state index is -0.251. The van der Waals surface area contributed by atoms with Crippen LogP contribution >= 0.6 is 27.7 Å². The van der Waals surface area contributed by atoms with Crippen molar-refractivity contribution in [1.29, 1.82) is 0 Å². The van der Waals surface area contributed by atoms with Crippen LogP contribution in [0.25, 0.3) is 0 Å². The summed E-state index contributed by atoms with van der Waals surface area (Å²) in [6, 6.07) is 12.6. The molecule has 2 heterocycles. The number of carbonyl (C=O) groups is 2. The molecule has 170 valence electrons. The van der Waals surface area contributed by atoms with E-state index in [9.17, 15) is 9.59 Å². The first-order chi connectivity index (χ1) is 15.5. The van der Waals surface area contributed by atoms with Crippen molar-refractivity contribution in [2.24, 2.45) is 0 Å². The molecule has 1 spiro atoms. The number of benzene rings is 2. The first-order valence-corrected chi connectivity index (χ1v) is 12.2. The van der Waals surface area contributed by atoms with Crippen molar-refractivity contribution in [2.45, 2.75) is 17.7 Å². The van der Waals surface area contributed by atoms with Crippen molar-refractivity contribution < 1.29 is 19.1 Å². The summed E-state index contributed by atoms with van der Waals surface area (Å²) in [5, 5.41) is 2.94. The van der Waals surface area contributed by atoms with Crippen molar-refractivity contribution >= 4 is 45.3 Å². The van der Waals surface area contributed by atoms with Crippen LogP contribution in [0.3, 0.4) is 0 Å². The van der Waals surface area contributed by atoms with E-state index in [4.69, 9.17) is 9.47 Å². The van der Waals surface area contributed by atoms with Gasteiger partial charge in [-0.3, -0.25) is 4.79 Å². The number of rotatable bonds is 4. The Labute approximate surface area is 200 Å². The van der Waals surface area contributed by atoms with Gasteiger partial charge in [0.15, 0.2) is 0 Å². The van der Waals surface area contributed by atoms with Gasteiger partial charge < -0.3 is 24.6 Å². The number of ether oxygens (including phenoxy) is 2. The number of halogens is 1. The third-order valence-electron chi connectivity index (χ3n) is 6.00. The highest BCUT2D eigenvalue weighted by molar-refractivity contribution is 9.10. The minimum absolute atomic E-state index is 0.0587. The summed E-state index contributed by atoms with van der Waals surface area (Å²) >= 11 is 5.25. The molecule has 2 aliphatic rings. The molecule has 2 saturated heterocycles. The molecule has 4 rings (SSSR count). The quantitative estimate of drug-likeness (QED) is 0.634. The fourth-order valence-electron chi connectivity index (χ4n) is 4.21. The molecule has 32 heavy (non-hydrogen) atoms. The number of carbonyl (C=O) groups excluding carboxylic acids is 2. The number of methoxy groups -OCH3 is 2. The molecule has 2 aromatic rings. The highest BCUT2D eigenvalue weighted by atomic mass is 79.9. The van der Waals surface area contributed by atoms with Gasteiger partial charge >= 0.3 is 6.03 Å². The number of anilines is 1. The molecule has 1 N–H and O–H groups in total. The second kappa shape index (κ2) is 9.62. The summed E-state index contributed by atoms with van der Waals surface area (Å²) in [5.74, 6) is 2.18. The molecule has 0 radical (unpaired) electrons. The first-order valence-electron chi connectivity index (χ1n) is 10.5. The molecule has 7 nitrogen and oxygen atoms in total. The van der Waals surface area contributed by atoms with Crippen LogP contribution in [-0.4, -0.2) is 66.2 Å². The second-order valence-electron chi connectivity index (χ2n) is 7.74. The van der Waals surface area contributed by atoms with E-state index in [0.717, 1.165) is 29.6 Å². The molecule has 2 aromatic carbocycles. The van der Waals surface area contributed by atoms with Crippen LogP contribution in [0, 0.1) is 0 Å². The number of urea groups is 1. The highest BCUT2D eigenvalue weighted by Gasteiger charge is 2.47. The van der Waals surface area contributed by atoms with E-state index in [1.165, 1.54) is 0 Å². The first kappa shape index (κ1) is 22.8. The van der Waals surface area contributed by atoms with Crippen LogP contribution in [0.1, 0.15) is 23.2 Å². The topological polar surface area (TPSA) is 71.1 Å². The molecule has 0 atom stereocenters. The van der Waals surface area contributed by atoms with Crippen molar-refractivity contribution in [1.82, 2.24) is 9.80 Å². The maximum Gasteiger partial charge on any atom is 0.321 e. The number of nitrogens with one attached hydrogen (secondary N) is 1. The van der Waals surface area contributed by atoms with Gasteiger partial charge in [-0.2, -0.15) is 0 Å².